The van der Waals surface area contributed by atoms with Gasteiger partial charge in [0.15, 0.2) is 11.4 Å². The summed E-state index contributed by atoms with van der Waals surface area (Å²) in [5.41, 5.74) is -0.204. The van der Waals surface area contributed by atoms with E-state index >= 15 is 0 Å². The second-order valence-electron chi connectivity index (χ2n) is 3.66. The van der Waals surface area contributed by atoms with Gasteiger partial charge in [0.2, 0.25) is 5.82 Å². The van der Waals surface area contributed by atoms with E-state index in [9.17, 15) is 15.2 Å². The highest BCUT2D eigenvalue weighted by Crippen LogP contribution is 2.33. The first-order chi connectivity index (χ1) is 9.61. The van der Waals surface area contributed by atoms with E-state index in [0.29, 0.717) is 5.75 Å². The Kier molecular flexibility index (Phi) is 3.85. The highest BCUT2D eigenvalue weighted by atomic mass is 16.6. The predicted octanol–water partition coefficient (Wildman–Crippen LogP) is 3.12. The van der Waals surface area contributed by atoms with Crippen molar-refractivity contribution in [1.82, 2.24) is 4.98 Å². The molecule has 8 nitrogen and oxygen atoms in total. The Labute approximate surface area is 113 Å². The molecule has 0 spiro atoms. The molecule has 20 heavy (non-hydrogen) atoms. The summed E-state index contributed by atoms with van der Waals surface area (Å²) in [6.45, 7) is 0. The number of rotatable bonds is 4. The van der Waals surface area contributed by atoms with E-state index in [-0.39, 0.29) is 22.9 Å². The van der Waals surface area contributed by atoms with Crippen molar-refractivity contribution in [2.45, 2.75) is 0 Å². The second kappa shape index (κ2) is 5.74. The van der Waals surface area contributed by atoms with Crippen LogP contribution in [0.1, 0.15) is 0 Å². The van der Waals surface area contributed by atoms with E-state index in [1.54, 1.807) is 0 Å². The average molecular weight is 274 g/mol. The number of benzene rings is 1. The lowest BCUT2D eigenvalue weighted by atomic mass is 10.2. The molecule has 0 radical (unpaired) electrons. The lowest BCUT2D eigenvalue weighted by molar-refractivity contribution is -0.384. The lowest BCUT2D eigenvalue weighted by Crippen LogP contribution is -1.90. The number of hydrogen-bond acceptors (Lipinski definition) is 7. The van der Waals surface area contributed by atoms with Gasteiger partial charge < -0.3 is 9.84 Å². The van der Waals surface area contributed by atoms with Crippen LogP contribution in [0.25, 0.3) is 0 Å². The van der Waals surface area contributed by atoms with Gasteiger partial charge >= 0.3 is 0 Å². The molecule has 2 aromatic rings. The van der Waals surface area contributed by atoms with Crippen molar-refractivity contribution < 1.29 is 14.8 Å². The maximum absolute atomic E-state index is 11.0. The van der Waals surface area contributed by atoms with Gasteiger partial charge in [-0.15, -0.1) is 10.2 Å². The first kappa shape index (κ1) is 13.4. The van der Waals surface area contributed by atoms with E-state index in [1.165, 1.54) is 43.6 Å². The molecule has 1 N–H and O–H groups in total. The fourth-order valence-corrected chi connectivity index (χ4v) is 1.43. The number of aromatic nitrogens is 1. The molecule has 1 aromatic heterocycles. The summed E-state index contributed by atoms with van der Waals surface area (Å²) in [4.78, 5) is 14.2. The number of nitrogens with zero attached hydrogens (tertiary/aromatic N) is 4. The quantitative estimate of drug-likeness (QED) is 0.523. The number of nitro benzene ring substituents is 1. The molecule has 0 aliphatic carbocycles. The van der Waals surface area contributed by atoms with Crippen LogP contribution >= 0.6 is 0 Å². The summed E-state index contributed by atoms with van der Waals surface area (Å²) in [6.07, 6.45) is 1.43. The minimum atomic E-state index is -0.588. The Hall–Kier alpha value is -3.03. The summed E-state index contributed by atoms with van der Waals surface area (Å²) < 4.78 is 4.91. The van der Waals surface area contributed by atoms with Crippen LogP contribution in [0, 0.1) is 10.1 Å². The van der Waals surface area contributed by atoms with Gasteiger partial charge in [0, 0.05) is 6.20 Å². The van der Waals surface area contributed by atoms with Crippen molar-refractivity contribution >= 4 is 17.2 Å². The van der Waals surface area contributed by atoms with E-state index in [1.807, 2.05) is 0 Å². The van der Waals surface area contributed by atoms with Crippen molar-refractivity contribution in [1.29, 1.82) is 0 Å². The first-order valence-electron chi connectivity index (χ1n) is 5.50. The van der Waals surface area contributed by atoms with Gasteiger partial charge in [-0.1, -0.05) is 0 Å². The van der Waals surface area contributed by atoms with Crippen LogP contribution in [0.2, 0.25) is 0 Å². The third-order valence-corrected chi connectivity index (χ3v) is 2.40. The number of aromatic hydroxyl groups is 1. The van der Waals surface area contributed by atoms with Crippen LogP contribution in [-0.4, -0.2) is 22.1 Å². The van der Waals surface area contributed by atoms with E-state index in [0.717, 1.165) is 0 Å². The monoisotopic (exact) mass is 274 g/mol. The predicted molar refractivity (Wildman–Crippen MR) is 69.7 cm³/mol. The highest BCUT2D eigenvalue weighted by Gasteiger charge is 2.15. The molecule has 0 saturated heterocycles. The third kappa shape index (κ3) is 2.86. The molecule has 0 bridgehead atoms. The van der Waals surface area contributed by atoms with Gasteiger partial charge in [-0.25, -0.2) is 4.98 Å². The second-order valence-corrected chi connectivity index (χ2v) is 3.66. The average Bonchev–Trinajstić information content (AvgIpc) is 2.46. The minimum absolute atomic E-state index is 0.0161. The maximum Gasteiger partial charge on any atom is 0.300 e. The number of nitro groups is 1. The maximum atomic E-state index is 11.0. The van der Waals surface area contributed by atoms with Crippen LogP contribution in [0.5, 0.6) is 11.5 Å². The first-order valence-corrected chi connectivity index (χ1v) is 5.50. The number of ether oxygens (including phenoxy) is 1. The van der Waals surface area contributed by atoms with Gasteiger partial charge in [0.25, 0.3) is 5.69 Å². The molecule has 0 unspecified atom stereocenters. The Morgan fingerprint density at radius 1 is 1.35 bits per heavy atom. The molecule has 0 saturated carbocycles. The summed E-state index contributed by atoms with van der Waals surface area (Å²) in [5, 5.41) is 27.9. The van der Waals surface area contributed by atoms with E-state index in [4.69, 9.17) is 4.74 Å². The van der Waals surface area contributed by atoms with E-state index < -0.39 is 4.92 Å². The Bertz CT molecular complexity index is 672. The van der Waals surface area contributed by atoms with Crippen LogP contribution < -0.4 is 4.74 Å². The molecule has 1 heterocycles. The molecule has 0 aliphatic rings. The minimum Gasteiger partial charge on any atom is -0.504 e. The molecule has 0 atom stereocenters. The number of hydrogen-bond donors (Lipinski definition) is 1. The summed E-state index contributed by atoms with van der Waals surface area (Å²) >= 11 is 0. The standard InChI is InChI=1S/C12H10N4O4/c1-20-8-4-5-9(10(7-8)16(18)19)14-15-12-11(17)3-2-6-13-12/h2-7,17H,1H3. The molecular formula is C12H10N4O4. The van der Waals surface area contributed by atoms with Crippen molar-refractivity contribution in [3.63, 3.8) is 0 Å². The van der Waals surface area contributed by atoms with Crippen molar-refractivity contribution in [2.75, 3.05) is 7.11 Å². The topological polar surface area (TPSA) is 110 Å². The van der Waals surface area contributed by atoms with Crippen LogP contribution in [0.15, 0.2) is 46.8 Å². The fourth-order valence-electron chi connectivity index (χ4n) is 1.43. The molecule has 2 rings (SSSR count). The van der Waals surface area contributed by atoms with Gasteiger partial charge in [-0.3, -0.25) is 10.1 Å². The van der Waals surface area contributed by atoms with Crippen molar-refractivity contribution in [2.24, 2.45) is 10.2 Å². The van der Waals surface area contributed by atoms with Crippen LogP contribution in [-0.2, 0) is 0 Å². The van der Waals surface area contributed by atoms with Gasteiger partial charge in [-0.05, 0) is 24.3 Å². The number of pyridine rings is 1. The van der Waals surface area contributed by atoms with Crippen LogP contribution in [0.3, 0.4) is 0 Å². The molecule has 0 amide bonds. The Balaban J connectivity index is 2.38. The molecule has 102 valence electrons. The Morgan fingerprint density at radius 3 is 2.80 bits per heavy atom. The number of azo groups is 1. The highest BCUT2D eigenvalue weighted by molar-refractivity contribution is 5.60. The van der Waals surface area contributed by atoms with Gasteiger partial charge in [0.05, 0.1) is 18.1 Å². The summed E-state index contributed by atoms with van der Waals surface area (Å²) in [7, 11) is 1.41. The molecule has 0 aliphatic heterocycles. The lowest BCUT2D eigenvalue weighted by Gasteiger charge is -2.01. The molecule has 0 fully saturated rings. The molecule has 1 aromatic carbocycles. The van der Waals surface area contributed by atoms with Crippen molar-refractivity contribution in [3.8, 4) is 11.5 Å². The fraction of sp³-hybridized carbons (Fsp3) is 0.0833. The molecule has 8 heteroatoms. The van der Waals surface area contributed by atoms with E-state index in [2.05, 4.69) is 15.2 Å². The third-order valence-electron chi connectivity index (χ3n) is 2.40. The number of methoxy groups -OCH3 is 1. The zero-order valence-electron chi connectivity index (χ0n) is 10.4. The summed E-state index contributed by atoms with van der Waals surface area (Å²) in [5.74, 6) is 0.168. The van der Waals surface area contributed by atoms with Gasteiger partial charge in [-0.2, -0.15) is 0 Å². The van der Waals surface area contributed by atoms with Gasteiger partial charge in [0.1, 0.15) is 5.75 Å². The SMILES string of the molecule is COc1ccc(N=Nc2ncccc2O)c([N+](=O)[O-])c1. The molecular weight excluding hydrogens is 264 g/mol. The smallest absolute Gasteiger partial charge is 0.300 e. The Morgan fingerprint density at radius 2 is 2.15 bits per heavy atom. The zero-order valence-corrected chi connectivity index (χ0v) is 10.4. The summed E-state index contributed by atoms with van der Waals surface area (Å²) in [6, 6.07) is 7.10. The normalized spacial score (nSPS) is 10.7. The zero-order chi connectivity index (χ0) is 14.5. The van der Waals surface area contributed by atoms with Crippen LogP contribution in [0.4, 0.5) is 17.2 Å². The largest absolute Gasteiger partial charge is 0.504 e. The van der Waals surface area contributed by atoms with Crippen molar-refractivity contribution in [3.05, 3.63) is 46.6 Å².